The second-order valence-electron chi connectivity index (χ2n) is 4.52. The summed E-state index contributed by atoms with van der Waals surface area (Å²) >= 11 is 5.48. The second kappa shape index (κ2) is 8.00. The summed E-state index contributed by atoms with van der Waals surface area (Å²) < 4.78 is 91.7. The van der Waals surface area contributed by atoms with E-state index in [4.69, 9.17) is 4.55 Å². The van der Waals surface area contributed by atoms with E-state index < -0.39 is 50.0 Å². The molecule has 26 heavy (non-hydrogen) atoms. The first-order valence-corrected chi connectivity index (χ1v) is 10.7. The summed E-state index contributed by atoms with van der Waals surface area (Å²) in [6.45, 7) is 0. The van der Waals surface area contributed by atoms with Gasteiger partial charge in [0.2, 0.25) is 17.4 Å². The molecule has 2 aromatic rings. The van der Waals surface area contributed by atoms with Gasteiger partial charge in [0.25, 0.3) is 0 Å². The van der Waals surface area contributed by atoms with E-state index in [1.807, 2.05) is 22.6 Å². The van der Waals surface area contributed by atoms with Gasteiger partial charge in [-0.3, -0.25) is 4.55 Å². The lowest BCUT2D eigenvalue weighted by Crippen LogP contribution is -2.17. The van der Waals surface area contributed by atoms with Crippen LogP contribution in [-0.4, -0.2) is 18.9 Å². The Morgan fingerprint density at radius 2 is 1.35 bits per heavy atom. The molecule has 5 nitrogen and oxygen atoms in total. The Balaban J connectivity index is 2.60. The zero-order chi connectivity index (χ0) is 20.0. The first kappa shape index (κ1) is 22.0. The van der Waals surface area contributed by atoms with Crippen molar-refractivity contribution < 1.29 is 40.1 Å². The third-order valence-corrected chi connectivity index (χ3v) is 6.05. The van der Waals surface area contributed by atoms with Gasteiger partial charge in [-0.05, 0) is 79.9 Å². The smallest absolute Gasteiger partial charge is 0.345 e. The van der Waals surface area contributed by atoms with E-state index in [0.717, 1.165) is 3.57 Å². The van der Waals surface area contributed by atoms with Crippen LogP contribution in [0.2, 0.25) is 0 Å². The van der Waals surface area contributed by atoms with Crippen LogP contribution in [0.3, 0.4) is 0 Å². The van der Waals surface area contributed by atoms with Crippen LogP contribution in [0.5, 0.6) is 5.75 Å². The quantitative estimate of drug-likeness (QED) is 0.126. The summed E-state index contributed by atoms with van der Waals surface area (Å²) in [5, 5.41) is 0. The van der Waals surface area contributed by atoms with Crippen LogP contribution in [0, 0.1) is 34.0 Å². The highest BCUT2D eigenvalue weighted by atomic mass is 127. The number of rotatable bonds is 3. The Morgan fingerprint density at radius 3 is 1.73 bits per heavy atom. The van der Waals surface area contributed by atoms with Crippen LogP contribution < -0.4 is 4.74 Å². The van der Waals surface area contributed by atoms with E-state index in [2.05, 4.69) is 4.74 Å². The maximum absolute atomic E-state index is 13.9. The number of benzene rings is 2. The molecule has 2 aromatic carbocycles. The van der Waals surface area contributed by atoms with E-state index in [0.29, 0.717) is 7.14 Å². The minimum Gasteiger partial charge on any atom is -0.416 e. The number of carbonyl (C=O) groups is 1. The van der Waals surface area contributed by atoms with E-state index in [9.17, 15) is 30.8 Å². The minimum atomic E-state index is -5.60. The molecule has 0 radical (unpaired) electrons. The van der Waals surface area contributed by atoms with E-state index in [-0.39, 0.29) is 5.56 Å². The largest absolute Gasteiger partial charge is 0.416 e. The maximum atomic E-state index is 13.9. The van der Waals surface area contributed by atoms with Crippen molar-refractivity contribution in [2.24, 2.45) is 0 Å². The number of hydrogen-bond acceptors (Lipinski definition) is 4. The fourth-order valence-corrected chi connectivity index (χ4v) is 6.44. The van der Waals surface area contributed by atoms with Crippen molar-refractivity contribution in [2.45, 2.75) is 4.90 Å². The average Bonchev–Trinajstić information content (AvgIpc) is 2.47. The molecule has 1 N–H and O–H groups in total. The molecule has 0 saturated carbocycles. The highest BCUT2D eigenvalue weighted by Crippen LogP contribution is 2.33. The fraction of sp³-hybridized carbons (Fsp3) is 0. The van der Waals surface area contributed by atoms with Crippen LogP contribution >= 0.6 is 67.8 Å². The third kappa shape index (κ3) is 4.25. The summed E-state index contributed by atoms with van der Waals surface area (Å²) in [5.74, 6) is -12.5. The van der Waals surface area contributed by atoms with Gasteiger partial charge in [0.15, 0.2) is 16.5 Å². The first-order valence-electron chi connectivity index (χ1n) is 6.06. The van der Waals surface area contributed by atoms with Crippen LogP contribution in [0.15, 0.2) is 17.0 Å². The topological polar surface area (TPSA) is 80.7 Å². The summed E-state index contributed by atoms with van der Waals surface area (Å²) in [5.41, 5.74) is -0.106. The summed E-state index contributed by atoms with van der Waals surface area (Å²) in [6.07, 6.45) is 0. The number of carbonyl (C=O) groups excluding carboxylic acids is 1. The first-order chi connectivity index (χ1) is 11.9. The SMILES string of the molecule is O=C(Oc1c(F)c(F)c(S(=O)(=O)O)c(F)c1F)c1c(I)cc(I)cc1I. The molecule has 13 heteroatoms. The third-order valence-electron chi connectivity index (χ3n) is 2.85. The van der Waals surface area contributed by atoms with Gasteiger partial charge >= 0.3 is 16.1 Å². The number of esters is 1. The van der Waals surface area contributed by atoms with Crippen molar-refractivity contribution in [3.63, 3.8) is 0 Å². The highest BCUT2D eigenvalue weighted by Gasteiger charge is 2.34. The summed E-state index contributed by atoms with van der Waals surface area (Å²) in [6, 6.07) is 3.10. The zero-order valence-electron chi connectivity index (χ0n) is 11.8. The Hall–Kier alpha value is -0.270. The monoisotopic (exact) mass is 728 g/mol. The van der Waals surface area contributed by atoms with Gasteiger partial charge in [0.05, 0.1) is 5.56 Å². The van der Waals surface area contributed by atoms with Crippen molar-refractivity contribution >= 4 is 83.9 Å². The van der Waals surface area contributed by atoms with Gasteiger partial charge in [-0.1, -0.05) is 0 Å². The van der Waals surface area contributed by atoms with Crippen molar-refractivity contribution in [2.75, 3.05) is 0 Å². The lowest BCUT2D eigenvalue weighted by Gasteiger charge is -2.12. The Kier molecular flexibility index (Phi) is 6.77. The van der Waals surface area contributed by atoms with Crippen molar-refractivity contribution in [3.05, 3.63) is 51.7 Å². The Morgan fingerprint density at radius 1 is 0.923 bits per heavy atom. The van der Waals surface area contributed by atoms with E-state index in [1.165, 1.54) is 0 Å². The number of ether oxygens (including phenoxy) is 1. The number of hydrogen-bond donors (Lipinski definition) is 1. The average molecular weight is 728 g/mol. The summed E-state index contributed by atoms with van der Waals surface area (Å²) in [7, 11) is -5.60. The molecule has 0 aliphatic carbocycles. The Bertz CT molecular complexity index is 991. The molecule has 0 amide bonds. The molecule has 0 fully saturated rings. The van der Waals surface area contributed by atoms with Gasteiger partial charge < -0.3 is 4.74 Å². The highest BCUT2D eigenvalue weighted by molar-refractivity contribution is 14.1. The van der Waals surface area contributed by atoms with Crippen LogP contribution in [0.1, 0.15) is 10.4 Å². The minimum absolute atomic E-state index is 0.106. The van der Waals surface area contributed by atoms with Gasteiger partial charge in [-0.15, -0.1) is 0 Å². The molecule has 140 valence electrons. The summed E-state index contributed by atoms with van der Waals surface area (Å²) in [4.78, 5) is 9.98. The van der Waals surface area contributed by atoms with Crippen LogP contribution in [0.4, 0.5) is 17.6 Å². The molecular weight excluding hydrogens is 725 g/mol. The molecule has 2 rings (SSSR count). The van der Waals surface area contributed by atoms with Crippen molar-refractivity contribution in [1.82, 2.24) is 0 Å². The van der Waals surface area contributed by atoms with Gasteiger partial charge in [-0.25, -0.2) is 13.6 Å². The molecule has 0 aliphatic rings. The molecule has 0 atom stereocenters. The lowest BCUT2D eigenvalue weighted by molar-refractivity contribution is 0.0714. The predicted molar refractivity (Wildman–Crippen MR) is 106 cm³/mol. The molecule has 0 unspecified atom stereocenters. The predicted octanol–water partition coefficient (Wildman–Crippen LogP) is 4.52. The molecule has 0 bridgehead atoms. The number of halogens is 7. The fourth-order valence-electron chi connectivity index (χ4n) is 1.79. The molecular formula is C13H3F4I3O5S. The molecule has 0 aliphatic heterocycles. The second-order valence-corrected chi connectivity index (χ2v) is 9.45. The van der Waals surface area contributed by atoms with Gasteiger partial charge in [-0.2, -0.15) is 17.2 Å². The maximum Gasteiger partial charge on any atom is 0.345 e. The van der Waals surface area contributed by atoms with Gasteiger partial charge in [0.1, 0.15) is 0 Å². The van der Waals surface area contributed by atoms with E-state index in [1.54, 1.807) is 57.3 Å². The standard InChI is InChI=1S/C13H3F4I3O5S/c14-7-9(16)12(26(22,23)24)10(17)8(15)11(7)25-13(21)6-4(19)1-3(18)2-5(6)20/h1-2H,(H,22,23,24). The molecule has 0 spiro atoms. The molecule has 0 saturated heterocycles. The lowest BCUT2D eigenvalue weighted by atomic mass is 10.2. The van der Waals surface area contributed by atoms with E-state index >= 15 is 0 Å². The van der Waals surface area contributed by atoms with Crippen molar-refractivity contribution in [3.8, 4) is 5.75 Å². The van der Waals surface area contributed by atoms with Crippen LogP contribution in [-0.2, 0) is 10.1 Å². The molecule has 0 heterocycles. The van der Waals surface area contributed by atoms with Crippen LogP contribution in [0.25, 0.3) is 0 Å². The zero-order valence-corrected chi connectivity index (χ0v) is 19.1. The van der Waals surface area contributed by atoms with Gasteiger partial charge in [0, 0.05) is 10.7 Å². The normalized spacial score (nSPS) is 11.5. The van der Waals surface area contributed by atoms with Crippen molar-refractivity contribution in [1.29, 1.82) is 0 Å². The molecule has 0 aromatic heterocycles. The Labute approximate surface area is 184 Å².